The Morgan fingerprint density at radius 2 is 2.07 bits per heavy atom. The lowest BCUT2D eigenvalue weighted by Gasteiger charge is -2.29. The number of rotatable bonds is 4. The van der Waals surface area contributed by atoms with Crippen molar-refractivity contribution in [1.82, 2.24) is 10.2 Å². The van der Waals surface area contributed by atoms with E-state index in [1.807, 2.05) is 12.1 Å². The number of benzene rings is 1. The number of carbonyl (C=O) groups excluding carboxylic acids is 3. The van der Waals surface area contributed by atoms with Gasteiger partial charge in [-0.1, -0.05) is 42.5 Å². The Morgan fingerprint density at radius 1 is 1.22 bits per heavy atom. The summed E-state index contributed by atoms with van der Waals surface area (Å²) in [6.07, 6.45) is 9.95. The molecule has 1 N–H and O–H groups in total. The van der Waals surface area contributed by atoms with E-state index in [-0.39, 0.29) is 30.8 Å². The molecule has 1 aromatic rings. The first-order valence-corrected chi connectivity index (χ1v) is 9.29. The first-order valence-electron chi connectivity index (χ1n) is 9.29. The molecule has 1 heterocycles. The second kappa shape index (κ2) is 7.31. The molecule has 0 saturated carbocycles. The zero-order valence-corrected chi connectivity index (χ0v) is 14.9. The summed E-state index contributed by atoms with van der Waals surface area (Å²) in [5, 5.41) is 3.05. The number of imide groups is 1. The van der Waals surface area contributed by atoms with Gasteiger partial charge in [0.1, 0.15) is 0 Å². The molecule has 2 aliphatic carbocycles. The number of allylic oxidation sites excluding steroid dienone is 3. The molecule has 6 heteroatoms. The van der Waals surface area contributed by atoms with Crippen LogP contribution in [0.15, 0.2) is 53.6 Å². The largest absolute Gasteiger partial charge is 0.350 e. The average molecular weight is 363 g/mol. The van der Waals surface area contributed by atoms with Gasteiger partial charge in [0, 0.05) is 13.0 Å². The van der Waals surface area contributed by atoms with E-state index in [0.717, 1.165) is 29.7 Å². The van der Waals surface area contributed by atoms with Gasteiger partial charge in [0.05, 0.1) is 17.7 Å². The van der Waals surface area contributed by atoms with E-state index in [1.165, 1.54) is 5.56 Å². The molecule has 0 aromatic heterocycles. The highest BCUT2D eigenvalue weighted by molar-refractivity contribution is 6.21. The number of hydrogen-bond donors (Lipinski definition) is 1. The number of nitrogens with one attached hydrogen (secondary N) is 1. The van der Waals surface area contributed by atoms with E-state index in [0.29, 0.717) is 5.71 Å². The van der Waals surface area contributed by atoms with Crippen molar-refractivity contribution in [2.24, 2.45) is 10.9 Å². The van der Waals surface area contributed by atoms with Gasteiger partial charge in [-0.3, -0.25) is 14.5 Å². The fraction of sp³-hybridized carbons (Fsp3) is 0.333. The van der Waals surface area contributed by atoms with Crippen LogP contribution in [0.25, 0.3) is 0 Å². The zero-order chi connectivity index (χ0) is 18.8. The Kier molecular flexibility index (Phi) is 4.71. The minimum atomic E-state index is -0.595. The minimum Gasteiger partial charge on any atom is -0.349 e. The van der Waals surface area contributed by atoms with Crippen molar-refractivity contribution in [3.05, 3.63) is 59.7 Å². The van der Waals surface area contributed by atoms with Gasteiger partial charge in [0.2, 0.25) is 11.8 Å². The van der Waals surface area contributed by atoms with E-state index in [4.69, 9.17) is 0 Å². The molecule has 4 amide bonds. The van der Waals surface area contributed by atoms with Gasteiger partial charge in [-0.2, -0.15) is 4.99 Å². The van der Waals surface area contributed by atoms with Crippen molar-refractivity contribution in [3.8, 4) is 0 Å². The number of fused-ring (bicyclic) bond motifs is 2. The second-order valence-electron chi connectivity index (χ2n) is 6.99. The summed E-state index contributed by atoms with van der Waals surface area (Å²) in [7, 11) is 0. The van der Waals surface area contributed by atoms with Crippen LogP contribution in [0.4, 0.5) is 4.79 Å². The molecule has 3 aliphatic rings. The fourth-order valence-corrected chi connectivity index (χ4v) is 3.87. The Balaban J connectivity index is 1.38. The number of aryl methyl sites for hydroxylation is 1. The maximum Gasteiger partial charge on any atom is 0.350 e. The van der Waals surface area contributed by atoms with Gasteiger partial charge < -0.3 is 5.32 Å². The number of nitrogens with zero attached hydrogens (tertiary/aromatic N) is 2. The number of aliphatic imine (C=N–C) groups is 1. The summed E-state index contributed by atoms with van der Waals surface area (Å²) in [5.74, 6) is -1.01. The standard InChI is InChI=1S/C21H21N3O3/c25-19(22-17-11-5-7-14-6-1-2-8-15(14)17)12-13-24-20(26)16-9-3-4-10-18(16)23-21(24)27/h1-4,6,8-10,16-17H,5,7,11-13H2,(H,22,25). The SMILES string of the molecule is O=C(CCN1C(=O)N=C2C=CC=CC2C1=O)NC1CCCc2ccccc21. The Morgan fingerprint density at radius 3 is 2.96 bits per heavy atom. The van der Waals surface area contributed by atoms with Crippen molar-refractivity contribution in [2.75, 3.05) is 6.54 Å². The van der Waals surface area contributed by atoms with E-state index in [1.54, 1.807) is 24.3 Å². The van der Waals surface area contributed by atoms with Gasteiger partial charge in [-0.25, -0.2) is 4.79 Å². The molecule has 27 heavy (non-hydrogen) atoms. The first-order chi connectivity index (χ1) is 13.1. The smallest absolute Gasteiger partial charge is 0.349 e. The highest BCUT2D eigenvalue weighted by atomic mass is 16.2. The van der Waals surface area contributed by atoms with E-state index >= 15 is 0 Å². The van der Waals surface area contributed by atoms with Gasteiger partial charge >= 0.3 is 6.03 Å². The molecule has 1 aromatic carbocycles. The van der Waals surface area contributed by atoms with Crippen molar-refractivity contribution < 1.29 is 14.4 Å². The van der Waals surface area contributed by atoms with Crippen molar-refractivity contribution in [1.29, 1.82) is 0 Å². The van der Waals surface area contributed by atoms with Crippen LogP contribution in [0.3, 0.4) is 0 Å². The van der Waals surface area contributed by atoms with Crippen LogP contribution in [0.1, 0.15) is 36.4 Å². The molecule has 1 aliphatic heterocycles. The molecule has 4 rings (SSSR count). The van der Waals surface area contributed by atoms with Crippen LogP contribution in [-0.4, -0.2) is 35.0 Å². The van der Waals surface area contributed by atoms with Crippen molar-refractivity contribution in [2.45, 2.75) is 31.7 Å². The molecular formula is C21H21N3O3. The summed E-state index contributed by atoms with van der Waals surface area (Å²) >= 11 is 0. The predicted molar refractivity (Wildman–Crippen MR) is 101 cm³/mol. The number of urea groups is 1. The number of hydrogen-bond acceptors (Lipinski definition) is 3. The maximum atomic E-state index is 12.5. The third-order valence-corrected chi connectivity index (χ3v) is 5.26. The lowest BCUT2D eigenvalue weighted by Crippen LogP contribution is -2.47. The van der Waals surface area contributed by atoms with Crippen molar-refractivity contribution >= 4 is 23.6 Å². The van der Waals surface area contributed by atoms with Gasteiger partial charge in [0.15, 0.2) is 0 Å². The normalized spacial score (nSPS) is 23.6. The van der Waals surface area contributed by atoms with Crippen LogP contribution in [0, 0.1) is 5.92 Å². The van der Waals surface area contributed by atoms with E-state index < -0.39 is 11.9 Å². The molecule has 138 valence electrons. The van der Waals surface area contributed by atoms with Crippen LogP contribution in [0.2, 0.25) is 0 Å². The van der Waals surface area contributed by atoms with Gasteiger partial charge in [-0.15, -0.1) is 0 Å². The topological polar surface area (TPSA) is 78.8 Å². The monoisotopic (exact) mass is 363 g/mol. The van der Waals surface area contributed by atoms with E-state index in [2.05, 4.69) is 22.4 Å². The zero-order valence-electron chi connectivity index (χ0n) is 14.9. The third-order valence-electron chi connectivity index (χ3n) is 5.26. The number of amides is 4. The molecule has 0 fully saturated rings. The molecular weight excluding hydrogens is 342 g/mol. The summed E-state index contributed by atoms with van der Waals surface area (Å²) < 4.78 is 0. The molecule has 0 saturated heterocycles. The maximum absolute atomic E-state index is 12.5. The van der Waals surface area contributed by atoms with Crippen LogP contribution >= 0.6 is 0 Å². The molecule has 0 bridgehead atoms. The lowest BCUT2D eigenvalue weighted by atomic mass is 9.87. The predicted octanol–water partition coefficient (Wildman–Crippen LogP) is 2.72. The first kappa shape index (κ1) is 17.4. The Bertz CT molecular complexity index is 884. The summed E-state index contributed by atoms with van der Waals surface area (Å²) in [5.41, 5.74) is 2.90. The minimum absolute atomic E-state index is 0.00810. The molecule has 6 nitrogen and oxygen atoms in total. The third kappa shape index (κ3) is 3.47. The van der Waals surface area contributed by atoms with Crippen molar-refractivity contribution in [3.63, 3.8) is 0 Å². The quantitative estimate of drug-likeness (QED) is 0.893. The van der Waals surface area contributed by atoms with Crippen LogP contribution in [-0.2, 0) is 16.0 Å². The van der Waals surface area contributed by atoms with Crippen LogP contribution in [0.5, 0.6) is 0 Å². The number of carbonyl (C=O) groups is 3. The highest BCUT2D eigenvalue weighted by Crippen LogP contribution is 2.29. The molecule has 2 unspecified atom stereocenters. The summed E-state index contributed by atoms with van der Waals surface area (Å²) in [6, 6.07) is 7.54. The fourth-order valence-electron chi connectivity index (χ4n) is 3.87. The average Bonchev–Trinajstić information content (AvgIpc) is 2.68. The van der Waals surface area contributed by atoms with Gasteiger partial charge in [0.25, 0.3) is 0 Å². The second-order valence-corrected chi connectivity index (χ2v) is 6.99. The highest BCUT2D eigenvalue weighted by Gasteiger charge is 2.35. The van der Waals surface area contributed by atoms with Crippen LogP contribution < -0.4 is 5.32 Å². The summed E-state index contributed by atoms with van der Waals surface area (Å²) in [4.78, 5) is 42.2. The van der Waals surface area contributed by atoms with E-state index in [9.17, 15) is 14.4 Å². The molecule has 0 spiro atoms. The lowest BCUT2D eigenvalue weighted by molar-refractivity contribution is -0.130. The Labute approximate surface area is 157 Å². The Hall–Kier alpha value is -3.02. The van der Waals surface area contributed by atoms with Gasteiger partial charge in [-0.05, 0) is 36.5 Å². The molecule has 0 radical (unpaired) electrons. The summed E-state index contributed by atoms with van der Waals surface area (Å²) in [6.45, 7) is 0.0443. The molecule has 2 atom stereocenters.